The van der Waals surface area contributed by atoms with Crippen molar-refractivity contribution in [3.8, 4) is 0 Å². The zero-order valence-electron chi connectivity index (χ0n) is 27.9. The van der Waals surface area contributed by atoms with E-state index in [1.54, 1.807) is 33.8 Å². The van der Waals surface area contributed by atoms with E-state index in [-0.39, 0.29) is 18.4 Å². The molecule has 9 heteroatoms. The topological polar surface area (TPSA) is 162 Å². The summed E-state index contributed by atoms with van der Waals surface area (Å²) in [5.74, 6) is -6.49. The van der Waals surface area contributed by atoms with Crippen LogP contribution in [-0.2, 0) is 19.1 Å². The van der Waals surface area contributed by atoms with Crippen molar-refractivity contribution in [3.05, 3.63) is 23.3 Å². The van der Waals surface area contributed by atoms with Crippen LogP contribution in [0.15, 0.2) is 23.3 Å². The largest absolute Gasteiger partial charge is 0.481 e. The minimum Gasteiger partial charge on any atom is -0.481 e. The van der Waals surface area contributed by atoms with Crippen molar-refractivity contribution < 1.29 is 44.7 Å². The molecule has 9 nitrogen and oxygen atoms in total. The van der Waals surface area contributed by atoms with E-state index in [9.17, 15) is 39.9 Å². The lowest BCUT2D eigenvalue weighted by atomic mass is 9.54. The Morgan fingerprint density at radius 1 is 0.933 bits per heavy atom. The summed E-state index contributed by atoms with van der Waals surface area (Å²) in [4.78, 5) is 39.2. The minimum absolute atomic E-state index is 0.0492. The number of Topliss-reactive ketones (excluding diaryl/α,β-unsaturated/α-hetero) is 1. The van der Waals surface area contributed by atoms with E-state index in [1.807, 2.05) is 0 Å². The molecule has 2 fully saturated rings. The first-order valence-electron chi connectivity index (χ1n) is 17.2. The molecule has 4 rings (SSSR count). The van der Waals surface area contributed by atoms with Gasteiger partial charge in [0.1, 0.15) is 11.2 Å². The number of carboxylic acid groups (broad SMARTS) is 1. The molecule has 45 heavy (non-hydrogen) atoms. The highest BCUT2D eigenvalue weighted by Crippen LogP contribution is 2.79. The van der Waals surface area contributed by atoms with Gasteiger partial charge >= 0.3 is 11.9 Å². The van der Waals surface area contributed by atoms with Gasteiger partial charge in [-0.05, 0) is 24.5 Å². The molecule has 0 amide bonds. The first-order valence-corrected chi connectivity index (χ1v) is 17.2. The predicted octanol–water partition coefficient (Wildman–Crippen LogP) is 5.03. The number of hydrogen-bond acceptors (Lipinski definition) is 8. The van der Waals surface area contributed by atoms with Crippen LogP contribution in [0.2, 0.25) is 0 Å². The number of hydrogen-bond donors (Lipinski definition) is 5. The summed E-state index contributed by atoms with van der Waals surface area (Å²) in [6.07, 6.45) is 14.5. The first-order chi connectivity index (χ1) is 21.1. The molecule has 0 unspecified atom stereocenters. The number of carbonyl (C=O) groups excluding carboxylic acids is 2. The van der Waals surface area contributed by atoms with Gasteiger partial charge < -0.3 is 30.3 Å². The number of aliphatic hydroxyl groups is 4. The Labute approximate surface area is 268 Å². The van der Waals surface area contributed by atoms with E-state index < -0.39 is 82.2 Å². The maximum absolute atomic E-state index is 13.5. The number of rotatable bonds is 16. The Bertz CT molecular complexity index is 1200. The second kappa shape index (κ2) is 13.2. The summed E-state index contributed by atoms with van der Waals surface area (Å²) >= 11 is 0. The highest BCUT2D eigenvalue weighted by atomic mass is 16.6. The van der Waals surface area contributed by atoms with Gasteiger partial charge in [0.05, 0.1) is 18.6 Å². The maximum atomic E-state index is 13.5. The van der Waals surface area contributed by atoms with Gasteiger partial charge in [-0.2, -0.15) is 0 Å². The highest BCUT2D eigenvalue weighted by molar-refractivity contribution is 6.04. The molecule has 0 aromatic rings. The molecule has 0 radical (unpaired) electrons. The van der Waals surface area contributed by atoms with Crippen molar-refractivity contribution in [2.75, 3.05) is 6.61 Å². The number of ether oxygens (including phenoxy) is 1. The van der Waals surface area contributed by atoms with Crippen molar-refractivity contribution in [1.82, 2.24) is 0 Å². The number of ketones is 1. The van der Waals surface area contributed by atoms with Gasteiger partial charge in [-0.25, -0.2) is 0 Å². The molecule has 254 valence electrons. The van der Waals surface area contributed by atoms with Crippen molar-refractivity contribution >= 4 is 17.7 Å². The smallest absolute Gasteiger partial charge is 0.307 e. The molecule has 0 bridgehead atoms. The average molecular weight is 633 g/mol. The SMILES string of the molecule is CCCCCCCCCCCCCC(=O)O[C@]1(CC(=O)O)[C@@H](C)[C@@]2(O)[C@@H](C=C(CO)C[C@]3(O)C(=O)C(C)=C[C@@H]23)[C@H]2C(C)(C)[C@@]21O. The number of unbranched alkanes of at least 4 members (excludes halogenated alkanes) is 10. The van der Waals surface area contributed by atoms with Crippen LogP contribution in [-0.4, -0.2) is 72.3 Å². The van der Waals surface area contributed by atoms with E-state index in [4.69, 9.17) is 4.74 Å². The fourth-order valence-electron chi connectivity index (χ4n) is 9.59. The fourth-order valence-corrected chi connectivity index (χ4v) is 9.59. The second-order valence-corrected chi connectivity index (χ2v) is 15.1. The molecular weight excluding hydrogens is 576 g/mol. The Hall–Kier alpha value is -2.07. The van der Waals surface area contributed by atoms with E-state index >= 15 is 0 Å². The van der Waals surface area contributed by atoms with Crippen molar-refractivity contribution in [2.45, 2.75) is 147 Å². The Morgan fingerprint density at radius 3 is 2.02 bits per heavy atom. The molecule has 0 saturated heterocycles. The van der Waals surface area contributed by atoms with Gasteiger partial charge in [0.25, 0.3) is 0 Å². The van der Waals surface area contributed by atoms with Gasteiger partial charge in [-0.3, -0.25) is 14.4 Å². The number of aliphatic hydroxyl groups excluding tert-OH is 1. The zero-order chi connectivity index (χ0) is 33.4. The predicted molar refractivity (Wildman–Crippen MR) is 169 cm³/mol. The molecule has 0 spiro atoms. The minimum atomic E-state index is -2.07. The first kappa shape index (κ1) is 35.8. The number of carboxylic acids is 1. The number of fused-ring (bicyclic) bond motifs is 5. The standard InChI is InChI=1S/C36H56O9/c1-6-7-8-9-10-11-12-13-14-15-16-17-29(40)45-34(21-28(38)39)24(3)35(43)26(30-32(4,5)36(30,34)44)19-25(22-37)20-33(42)27(35)18-23(2)31(33)41/h18-19,24,26-27,30,37,42-44H,6-17,20-22H2,1-5H3,(H,38,39)/t24-,26+,27-,30+,33-,34-,35-,36+/m1/s1. The molecule has 0 aromatic heterocycles. The van der Waals surface area contributed by atoms with Crippen molar-refractivity contribution in [1.29, 1.82) is 0 Å². The zero-order valence-corrected chi connectivity index (χ0v) is 27.9. The monoisotopic (exact) mass is 632 g/mol. The third-order valence-corrected chi connectivity index (χ3v) is 12.0. The summed E-state index contributed by atoms with van der Waals surface area (Å²) in [6, 6.07) is 0. The number of esters is 1. The molecule has 0 aliphatic heterocycles. The van der Waals surface area contributed by atoms with Crippen LogP contribution in [0.5, 0.6) is 0 Å². The molecule has 8 atom stereocenters. The van der Waals surface area contributed by atoms with Gasteiger partial charge in [-0.15, -0.1) is 0 Å². The van der Waals surface area contributed by atoms with E-state index in [1.165, 1.54) is 44.6 Å². The lowest BCUT2D eigenvalue weighted by molar-refractivity contribution is -0.264. The van der Waals surface area contributed by atoms with Crippen LogP contribution in [0.3, 0.4) is 0 Å². The lowest BCUT2D eigenvalue weighted by Crippen LogP contribution is -2.71. The maximum Gasteiger partial charge on any atom is 0.307 e. The molecular formula is C36H56O9. The molecule has 4 aliphatic carbocycles. The average Bonchev–Trinajstić information content (AvgIpc) is 3.38. The van der Waals surface area contributed by atoms with Gasteiger partial charge in [0.15, 0.2) is 11.4 Å². The molecule has 2 saturated carbocycles. The molecule has 0 aromatic carbocycles. The van der Waals surface area contributed by atoms with Gasteiger partial charge in [-0.1, -0.05) is 104 Å². The molecule has 0 heterocycles. The summed E-state index contributed by atoms with van der Waals surface area (Å²) in [7, 11) is 0. The lowest BCUT2D eigenvalue weighted by Gasteiger charge is -2.57. The van der Waals surface area contributed by atoms with Gasteiger partial charge in [0, 0.05) is 41.9 Å². The second-order valence-electron chi connectivity index (χ2n) is 15.1. The molecule has 5 N–H and O–H groups in total. The summed E-state index contributed by atoms with van der Waals surface area (Å²) in [5.41, 5.74) is -8.27. The molecule has 4 aliphatic rings. The highest BCUT2D eigenvalue weighted by Gasteiger charge is 2.90. The summed E-state index contributed by atoms with van der Waals surface area (Å²) < 4.78 is 6.14. The van der Waals surface area contributed by atoms with Crippen LogP contribution in [0, 0.1) is 29.1 Å². The third kappa shape index (κ3) is 5.74. The van der Waals surface area contributed by atoms with Gasteiger partial charge in [0.2, 0.25) is 0 Å². The Morgan fingerprint density at radius 2 is 1.49 bits per heavy atom. The Balaban J connectivity index is 1.57. The van der Waals surface area contributed by atoms with E-state index in [0.29, 0.717) is 12.0 Å². The van der Waals surface area contributed by atoms with Crippen molar-refractivity contribution in [3.63, 3.8) is 0 Å². The normalized spacial score (nSPS) is 37.9. The van der Waals surface area contributed by atoms with Crippen LogP contribution in [0.25, 0.3) is 0 Å². The quantitative estimate of drug-likeness (QED) is 0.0893. The van der Waals surface area contributed by atoms with Crippen molar-refractivity contribution in [2.24, 2.45) is 29.1 Å². The van der Waals surface area contributed by atoms with E-state index in [2.05, 4.69) is 6.92 Å². The van der Waals surface area contributed by atoms with Crippen LogP contribution in [0.4, 0.5) is 0 Å². The number of carbonyl (C=O) groups is 3. The van der Waals surface area contributed by atoms with Crippen LogP contribution < -0.4 is 0 Å². The Kier molecular flexibility index (Phi) is 10.5. The third-order valence-electron chi connectivity index (χ3n) is 12.0. The summed E-state index contributed by atoms with van der Waals surface area (Å²) in [6.45, 7) is 8.38. The fraction of sp³-hybridized carbons (Fsp3) is 0.806. The van der Waals surface area contributed by atoms with Crippen LogP contribution in [0.1, 0.15) is 125 Å². The number of aliphatic carboxylic acids is 1. The van der Waals surface area contributed by atoms with E-state index in [0.717, 1.165) is 25.7 Å². The summed E-state index contributed by atoms with van der Waals surface area (Å²) in [5, 5.41) is 57.5. The van der Waals surface area contributed by atoms with Crippen LogP contribution >= 0.6 is 0 Å².